The first-order valence-electron chi connectivity index (χ1n) is 9.35. The molecule has 154 valence electrons. The Bertz CT molecular complexity index is 849. The number of carbonyl (C=O) groups excluding carboxylic acids is 1. The second kappa shape index (κ2) is 10.7. The van der Waals surface area contributed by atoms with Gasteiger partial charge in [-0.05, 0) is 44.6 Å². The van der Waals surface area contributed by atoms with E-state index in [0.717, 1.165) is 22.7 Å². The van der Waals surface area contributed by atoms with Crippen LogP contribution in [0, 0.1) is 4.77 Å². The van der Waals surface area contributed by atoms with Gasteiger partial charge in [-0.15, -0.1) is 5.10 Å². The Kier molecular flexibility index (Phi) is 8.62. The van der Waals surface area contributed by atoms with Crippen LogP contribution in [-0.4, -0.2) is 53.6 Å². The Balaban J connectivity index is 2.28. The summed E-state index contributed by atoms with van der Waals surface area (Å²) in [6.45, 7) is 6.04. The predicted octanol–water partition coefficient (Wildman–Crippen LogP) is 1.77. The Morgan fingerprint density at radius 1 is 1.39 bits per heavy atom. The SMILES string of the molecule is COCCCn1c(-c2ccccc2Cl)nn(C[NH+](C)CC(=O)NC(C)C)c1=S. The molecule has 1 aromatic carbocycles. The average Bonchev–Trinajstić information content (AvgIpc) is 2.91. The maximum absolute atomic E-state index is 12.0. The summed E-state index contributed by atoms with van der Waals surface area (Å²) in [7, 11) is 3.62. The summed E-state index contributed by atoms with van der Waals surface area (Å²) in [6.07, 6.45) is 0.813. The molecule has 2 N–H and O–H groups in total. The maximum atomic E-state index is 12.0. The van der Waals surface area contributed by atoms with Crippen LogP contribution in [0.25, 0.3) is 11.4 Å². The van der Waals surface area contributed by atoms with Crippen molar-refractivity contribution < 1.29 is 14.4 Å². The zero-order valence-corrected chi connectivity index (χ0v) is 18.4. The molecule has 0 saturated carbocycles. The van der Waals surface area contributed by atoms with Gasteiger partial charge in [0.2, 0.25) is 4.77 Å². The molecule has 1 heterocycles. The summed E-state index contributed by atoms with van der Waals surface area (Å²) in [6, 6.07) is 7.71. The summed E-state index contributed by atoms with van der Waals surface area (Å²) in [5.74, 6) is 0.732. The lowest BCUT2D eigenvalue weighted by atomic mass is 10.2. The molecule has 2 rings (SSSR count). The molecule has 7 nitrogen and oxygen atoms in total. The Morgan fingerprint density at radius 2 is 2.11 bits per heavy atom. The highest BCUT2D eigenvalue weighted by molar-refractivity contribution is 7.71. The zero-order valence-electron chi connectivity index (χ0n) is 16.9. The van der Waals surface area contributed by atoms with Gasteiger partial charge in [-0.3, -0.25) is 9.36 Å². The van der Waals surface area contributed by atoms with Gasteiger partial charge < -0.3 is 15.0 Å². The molecule has 0 spiro atoms. The molecule has 0 aliphatic rings. The van der Waals surface area contributed by atoms with Crippen molar-refractivity contribution in [2.24, 2.45) is 0 Å². The second-order valence-electron chi connectivity index (χ2n) is 7.10. The molecule has 0 aliphatic heterocycles. The van der Waals surface area contributed by atoms with Crippen LogP contribution in [0.4, 0.5) is 0 Å². The minimum Gasteiger partial charge on any atom is -0.385 e. The van der Waals surface area contributed by atoms with Crippen molar-refractivity contribution in [3.63, 3.8) is 0 Å². The van der Waals surface area contributed by atoms with Gasteiger partial charge in [-0.25, -0.2) is 0 Å². The summed E-state index contributed by atoms with van der Waals surface area (Å²) < 4.78 is 9.52. The molecule has 1 atom stereocenters. The Morgan fingerprint density at radius 3 is 2.75 bits per heavy atom. The molecule has 0 aliphatic carbocycles. The summed E-state index contributed by atoms with van der Waals surface area (Å²) >= 11 is 12.1. The molecule has 28 heavy (non-hydrogen) atoms. The van der Waals surface area contributed by atoms with Crippen LogP contribution in [0.3, 0.4) is 0 Å². The van der Waals surface area contributed by atoms with Crippen LogP contribution in [0.5, 0.6) is 0 Å². The van der Waals surface area contributed by atoms with Crippen LogP contribution < -0.4 is 10.2 Å². The molecule has 0 fully saturated rings. The second-order valence-corrected chi connectivity index (χ2v) is 7.87. The monoisotopic (exact) mass is 426 g/mol. The van der Waals surface area contributed by atoms with E-state index >= 15 is 0 Å². The number of halogens is 1. The number of nitrogens with one attached hydrogen (secondary N) is 2. The lowest BCUT2D eigenvalue weighted by Gasteiger charge is -2.14. The summed E-state index contributed by atoms with van der Waals surface area (Å²) in [4.78, 5) is 13.0. The van der Waals surface area contributed by atoms with Crippen LogP contribution in [0.2, 0.25) is 5.02 Å². The quantitative estimate of drug-likeness (QED) is 0.449. The number of carbonyl (C=O) groups is 1. The van der Waals surface area contributed by atoms with Gasteiger partial charge in [0.25, 0.3) is 5.91 Å². The zero-order chi connectivity index (χ0) is 20.7. The molecule has 9 heteroatoms. The first kappa shape index (κ1) is 22.5. The Labute approximate surface area is 176 Å². The first-order chi connectivity index (χ1) is 13.3. The minimum atomic E-state index is 0.00451. The van der Waals surface area contributed by atoms with Crippen LogP contribution in [0.15, 0.2) is 24.3 Å². The highest BCUT2D eigenvalue weighted by Gasteiger charge is 2.18. The summed E-state index contributed by atoms with van der Waals surface area (Å²) in [5.41, 5.74) is 0.835. The van der Waals surface area contributed by atoms with Crippen molar-refractivity contribution in [2.45, 2.75) is 39.5 Å². The number of ether oxygens (including phenoxy) is 1. The van der Waals surface area contributed by atoms with Gasteiger partial charge in [0.1, 0.15) is 0 Å². The number of amides is 1. The molecule has 1 amide bonds. The summed E-state index contributed by atoms with van der Waals surface area (Å²) in [5, 5.41) is 8.26. The molecule has 0 bridgehead atoms. The maximum Gasteiger partial charge on any atom is 0.275 e. The van der Waals surface area contributed by atoms with Gasteiger partial charge in [0, 0.05) is 31.9 Å². The van der Waals surface area contributed by atoms with Gasteiger partial charge >= 0.3 is 0 Å². The van der Waals surface area contributed by atoms with Gasteiger partial charge in [0.15, 0.2) is 19.0 Å². The molecule has 1 unspecified atom stereocenters. The van der Waals surface area contributed by atoms with E-state index in [1.165, 1.54) is 0 Å². The number of rotatable bonds is 10. The standard InChI is InChI=1S/C19H28ClN5O2S/c1-14(2)21-17(26)12-23(3)13-25-19(28)24(10-7-11-27-4)18(22-25)15-8-5-6-9-16(15)20/h5-6,8-9,14H,7,10-13H2,1-4H3,(H,21,26)/p+1. The number of aromatic nitrogens is 3. The van der Waals surface area contributed by atoms with E-state index < -0.39 is 0 Å². The minimum absolute atomic E-state index is 0.00451. The third-order valence-corrected chi connectivity index (χ3v) is 4.86. The number of hydrogen-bond acceptors (Lipinski definition) is 4. The lowest BCUT2D eigenvalue weighted by Crippen LogP contribution is -3.09. The van der Waals surface area contributed by atoms with Crippen LogP contribution >= 0.6 is 23.8 Å². The van der Waals surface area contributed by atoms with E-state index in [2.05, 4.69) is 5.32 Å². The van der Waals surface area contributed by atoms with Crippen molar-refractivity contribution >= 4 is 29.7 Å². The van der Waals surface area contributed by atoms with Crippen molar-refractivity contribution in [1.29, 1.82) is 0 Å². The van der Waals surface area contributed by atoms with Crippen LogP contribution in [0.1, 0.15) is 20.3 Å². The number of quaternary nitrogens is 1. The van der Waals surface area contributed by atoms with Crippen molar-refractivity contribution in [1.82, 2.24) is 19.7 Å². The first-order valence-corrected chi connectivity index (χ1v) is 10.1. The number of benzene rings is 1. The largest absolute Gasteiger partial charge is 0.385 e. The van der Waals surface area contributed by atoms with Crippen molar-refractivity contribution in [3.8, 4) is 11.4 Å². The topological polar surface area (TPSA) is 65.5 Å². The fraction of sp³-hybridized carbons (Fsp3) is 0.526. The third kappa shape index (κ3) is 6.13. The molecular weight excluding hydrogens is 398 g/mol. The fourth-order valence-electron chi connectivity index (χ4n) is 2.91. The van der Waals surface area contributed by atoms with E-state index in [1.54, 1.807) is 11.8 Å². The van der Waals surface area contributed by atoms with Crippen LogP contribution in [-0.2, 0) is 22.7 Å². The highest BCUT2D eigenvalue weighted by atomic mass is 35.5. The molecule has 0 saturated heterocycles. The van der Waals surface area contributed by atoms with Crippen molar-refractivity contribution in [3.05, 3.63) is 34.1 Å². The number of hydrogen-bond donors (Lipinski definition) is 2. The molecule has 2 aromatic rings. The number of nitrogens with zero attached hydrogens (tertiary/aromatic N) is 3. The van der Waals surface area contributed by atoms with Crippen molar-refractivity contribution in [2.75, 3.05) is 27.3 Å². The predicted molar refractivity (Wildman–Crippen MR) is 113 cm³/mol. The molecule has 0 radical (unpaired) electrons. The van der Waals surface area contributed by atoms with E-state index in [4.69, 9.17) is 33.7 Å². The van der Waals surface area contributed by atoms with Gasteiger partial charge in [-0.1, -0.05) is 23.7 Å². The Hall–Kier alpha value is -1.74. The molecular formula is C19H29ClN5O2S+. The average molecular weight is 427 g/mol. The van der Waals surface area contributed by atoms with E-state index in [0.29, 0.717) is 36.2 Å². The fourth-order valence-corrected chi connectivity index (χ4v) is 3.42. The number of methoxy groups -OCH3 is 1. The number of likely N-dealkylation sites (N-methyl/N-ethyl adjacent to an activating group) is 1. The third-order valence-electron chi connectivity index (χ3n) is 4.10. The lowest BCUT2D eigenvalue weighted by molar-refractivity contribution is -0.895. The smallest absolute Gasteiger partial charge is 0.275 e. The molecule has 1 aromatic heterocycles. The van der Waals surface area contributed by atoms with E-state index in [-0.39, 0.29) is 11.9 Å². The highest BCUT2D eigenvalue weighted by Crippen LogP contribution is 2.26. The normalized spacial score (nSPS) is 12.4. The van der Waals surface area contributed by atoms with Gasteiger partial charge in [0.05, 0.1) is 12.1 Å². The van der Waals surface area contributed by atoms with Gasteiger partial charge in [-0.2, -0.15) is 4.68 Å². The van der Waals surface area contributed by atoms with E-state index in [1.807, 2.05) is 49.7 Å². The van der Waals surface area contributed by atoms with E-state index in [9.17, 15) is 4.79 Å².